The number of rotatable bonds is 3. The molecule has 2 heterocycles. The number of ketones is 1. The van der Waals surface area contributed by atoms with Crippen molar-refractivity contribution in [2.24, 2.45) is 16.3 Å². The molecule has 1 aromatic heterocycles. The monoisotopic (exact) mass is 421 g/mol. The van der Waals surface area contributed by atoms with E-state index in [-0.39, 0.29) is 17.1 Å². The zero-order valence-electron chi connectivity index (χ0n) is 17.3. The topological polar surface area (TPSA) is 71.4 Å². The van der Waals surface area contributed by atoms with E-state index in [4.69, 9.17) is 16.6 Å². The van der Waals surface area contributed by atoms with Crippen molar-refractivity contribution in [2.45, 2.75) is 39.5 Å². The van der Waals surface area contributed by atoms with E-state index in [9.17, 15) is 9.59 Å². The molecule has 2 atom stereocenters. The molecule has 1 fully saturated rings. The number of aromatic nitrogens is 1. The molecule has 4 rings (SSSR count). The van der Waals surface area contributed by atoms with Crippen LogP contribution in [-0.4, -0.2) is 22.4 Å². The second-order valence-electron chi connectivity index (χ2n) is 8.73. The highest BCUT2D eigenvalue weighted by molar-refractivity contribution is 6.31. The van der Waals surface area contributed by atoms with Crippen molar-refractivity contribution in [3.8, 4) is 0 Å². The van der Waals surface area contributed by atoms with E-state index in [1.807, 2.05) is 25.1 Å². The Morgan fingerprint density at radius 3 is 2.53 bits per heavy atom. The minimum Gasteiger partial charge on any atom is -0.307 e. The second kappa shape index (κ2) is 7.80. The Labute approximate surface area is 181 Å². The predicted molar refractivity (Wildman–Crippen MR) is 119 cm³/mol. The molecule has 1 saturated carbocycles. The van der Waals surface area contributed by atoms with Crippen molar-refractivity contribution in [3.05, 3.63) is 70.5 Å². The summed E-state index contributed by atoms with van der Waals surface area (Å²) >= 11 is 6.55. The maximum atomic E-state index is 13.3. The van der Waals surface area contributed by atoms with Gasteiger partial charge in [-0.1, -0.05) is 49.7 Å². The molecule has 1 aliphatic heterocycles. The summed E-state index contributed by atoms with van der Waals surface area (Å²) in [6.45, 7) is 5.99. The number of pyridine rings is 1. The van der Waals surface area contributed by atoms with Crippen LogP contribution < -0.4 is 5.32 Å². The summed E-state index contributed by atoms with van der Waals surface area (Å²) in [5.74, 6) is -0.710. The van der Waals surface area contributed by atoms with Gasteiger partial charge in [0.1, 0.15) is 11.6 Å². The highest BCUT2D eigenvalue weighted by Crippen LogP contribution is 2.48. The van der Waals surface area contributed by atoms with Gasteiger partial charge in [0.15, 0.2) is 0 Å². The number of amides is 1. The number of hydrogen-bond acceptors (Lipinski definition) is 4. The summed E-state index contributed by atoms with van der Waals surface area (Å²) in [7, 11) is 0. The van der Waals surface area contributed by atoms with E-state index in [1.54, 1.807) is 30.5 Å². The van der Waals surface area contributed by atoms with Crippen molar-refractivity contribution < 1.29 is 9.59 Å². The van der Waals surface area contributed by atoms with Gasteiger partial charge in [0, 0.05) is 40.5 Å². The summed E-state index contributed by atoms with van der Waals surface area (Å²) in [6, 6.07) is 12.7. The maximum Gasteiger partial charge on any atom is 0.255 e. The first-order valence-corrected chi connectivity index (χ1v) is 10.4. The summed E-state index contributed by atoms with van der Waals surface area (Å²) in [4.78, 5) is 35.6. The molecule has 0 spiro atoms. The lowest BCUT2D eigenvalue weighted by atomic mass is 9.63. The first-order chi connectivity index (χ1) is 14.3. The molecular formula is C24H24ClN3O2. The summed E-state index contributed by atoms with van der Waals surface area (Å²) in [5.41, 5.74) is 2.55. The number of nitrogens with zero attached hydrogens (tertiary/aromatic N) is 2. The van der Waals surface area contributed by atoms with Gasteiger partial charge in [0.2, 0.25) is 0 Å². The van der Waals surface area contributed by atoms with E-state index >= 15 is 0 Å². The normalized spacial score (nSPS) is 22.9. The molecule has 2 aliphatic rings. The second-order valence-corrected chi connectivity index (χ2v) is 9.14. The first-order valence-electron chi connectivity index (χ1n) is 10.0. The number of benzene rings is 1. The predicted octanol–water partition coefficient (Wildman–Crippen LogP) is 5.19. The van der Waals surface area contributed by atoms with Crippen molar-refractivity contribution in [2.75, 3.05) is 5.32 Å². The fourth-order valence-electron chi connectivity index (χ4n) is 4.57. The van der Waals surface area contributed by atoms with Crippen LogP contribution in [0.15, 0.2) is 64.9 Å². The minimum atomic E-state index is -0.480. The van der Waals surface area contributed by atoms with Gasteiger partial charge in [0.05, 0.1) is 5.92 Å². The number of carbonyl (C=O) groups excluding carboxylic acids is 2. The number of allylic oxidation sites excluding steroid dienone is 1. The van der Waals surface area contributed by atoms with Crippen LogP contribution in [0.3, 0.4) is 0 Å². The zero-order valence-corrected chi connectivity index (χ0v) is 18.0. The number of Topliss-reactive ketones (excluding diaryl/α,β-unsaturated/α-hetero) is 1. The van der Waals surface area contributed by atoms with Gasteiger partial charge in [-0.2, -0.15) is 0 Å². The molecule has 1 aliphatic carbocycles. The van der Waals surface area contributed by atoms with E-state index in [1.165, 1.54) is 0 Å². The van der Waals surface area contributed by atoms with E-state index in [2.05, 4.69) is 24.1 Å². The van der Waals surface area contributed by atoms with Crippen molar-refractivity contribution in [1.82, 2.24) is 4.98 Å². The third-order valence-corrected chi connectivity index (χ3v) is 6.10. The van der Waals surface area contributed by atoms with Gasteiger partial charge >= 0.3 is 0 Å². The fourth-order valence-corrected chi connectivity index (χ4v) is 4.83. The van der Waals surface area contributed by atoms with Gasteiger partial charge in [0.25, 0.3) is 5.91 Å². The largest absolute Gasteiger partial charge is 0.307 e. The molecule has 0 bridgehead atoms. The molecule has 5 nitrogen and oxygen atoms in total. The van der Waals surface area contributed by atoms with Crippen LogP contribution >= 0.6 is 11.6 Å². The van der Waals surface area contributed by atoms with E-state index in [0.717, 1.165) is 17.7 Å². The molecule has 30 heavy (non-hydrogen) atoms. The third kappa shape index (κ3) is 3.82. The van der Waals surface area contributed by atoms with E-state index in [0.29, 0.717) is 28.5 Å². The van der Waals surface area contributed by atoms with Crippen molar-refractivity contribution in [1.29, 1.82) is 0 Å². The minimum absolute atomic E-state index is 0.102. The molecule has 1 aromatic carbocycles. The Hall–Kier alpha value is -2.79. The van der Waals surface area contributed by atoms with Crippen LogP contribution in [0.5, 0.6) is 0 Å². The van der Waals surface area contributed by atoms with Crippen molar-refractivity contribution in [3.63, 3.8) is 0 Å². The summed E-state index contributed by atoms with van der Waals surface area (Å²) in [6.07, 6.45) is 2.79. The molecule has 2 aromatic rings. The van der Waals surface area contributed by atoms with E-state index < -0.39 is 11.8 Å². The third-order valence-electron chi connectivity index (χ3n) is 5.76. The van der Waals surface area contributed by atoms with Crippen LogP contribution in [0.2, 0.25) is 5.02 Å². The van der Waals surface area contributed by atoms with Gasteiger partial charge < -0.3 is 5.32 Å². The molecular weight excluding hydrogens is 398 g/mol. The quantitative estimate of drug-likeness (QED) is 0.741. The van der Waals surface area contributed by atoms with Crippen LogP contribution in [0, 0.1) is 11.3 Å². The Bertz CT molecular complexity index is 1070. The van der Waals surface area contributed by atoms with Crippen LogP contribution in [-0.2, 0) is 9.59 Å². The maximum absolute atomic E-state index is 13.3. The van der Waals surface area contributed by atoms with Crippen LogP contribution in [0.4, 0.5) is 5.82 Å². The molecule has 0 saturated heterocycles. The summed E-state index contributed by atoms with van der Waals surface area (Å²) in [5, 5.41) is 3.40. The standard InChI is InChI=1S/C24H24ClN3O2/c1-14-20(23(30)28-19-10-6-7-11-26-19)21(15-8-4-5-9-16(15)25)22-17(27-14)12-24(2,3)13-18(22)29/h4-11,21-22H,12-13H2,1-3H3,(H,26,28,30). The zero-order chi connectivity index (χ0) is 21.5. The smallest absolute Gasteiger partial charge is 0.255 e. The molecule has 1 N–H and O–H groups in total. The lowest BCUT2D eigenvalue weighted by Gasteiger charge is -2.41. The van der Waals surface area contributed by atoms with Gasteiger partial charge in [-0.3, -0.25) is 14.6 Å². The van der Waals surface area contributed by atoms with Crippen LogP contribution in [0.1, 0.15) is 45.1 Å². The van der Waals surface area contributed by atoms with Crippen molar-refractivity contribution >= 4 is 34.8 Å². The Morgan fingerprint density at radius 1 is 1.10 bits per heavy atom. The van der Waals surface area contributed by atoms with Crippen LogP contribution in [0.25, 0.3) is 0 Å². The fraction of sp³-hybridized carbons (Fsp3) is 0.333. The Kier molecular flexibility index (Phi) is 5.33. The number of anilines is 1. The number of carbonyl (C=O) groups is 2. The first kappa shape index (κ1) is 20.5. The Balaban J connectivity index is 1.84. The average Bonchev–Trinajstić information content (AvgIpc) is 2.67. The Morgan fingerprint density at radius 2 is 1.83 bits per heavy atom. The number of aliphatic imine (C=N–C) groups is 1. The highest BCUT2D eigenvalue weighted by Gasteiger charge is 2.47. The number of halogens is 1. The molecule has 2 unspecified atom stereocenters. The number of hydrogen-bond donors (Lipinski definition) is 1. The van der Waals surface area contributed by atoms with Gasteiger partial charge in [-0.05, 0) is 42.5 Å². The molecule has 154 valence electrons. The van der Waals surface area contributed by atoms with Gasteiger partial charge in [-0.15, -0.1) is 0 Å². The summed E-state index contributed by atoms with van der Waals surface area (Å²) < 4.78 is 0. The SMILES string of the molecule is CC1=C(C(=O)Nc2ccccn2)C(c2ccccc2Cl)C2C(=O)CC(C)(C)CC2=N1. The molecule has 6 heteroatoms. The molecule has 1 amide bonds. The average molecular weight is 422 g/mol. The highest BCUT2D eigenvalue weighted by atomic mass is 35.5. The molecule has 0 radical (unpaired) electrons. The van der Waals surface area contributed by atoms with Gasteiger partial charge in [-0.25, -0.2) is 4.98 Å². The number of fused-ring (bicyclic) bond motifs is 1. The number of nitrogens with one attached hydrogen (secondary N) is 1. The lowest BCUT2D eigenvalue weighted by molar-refractivity contribution is -0.124. The lowest BCUT2D eigenvalue weighted by Crippen LogP contribution is -2.44.